The molecule has 1 saturated carbocycles. The van der Waals surface area contributed by atoms with Crippen LogP contribution in [0.5, 0.6) is 0 Å². The molecule has 2 aliphatic rings. The van der Waals surface area contributed by atoms with Crippen molar-refractivity contribution >= 4 is 11.9 Å². The van der Waals surface area contributed by atoms with Gasteiger partial charge in [-0.3, -0.25) is 4.79 Å². The number of amides is 1. The molecule has 0 aromatic heterocycles. The highest BCUT2D eigenvalue weighted by Crippen LogP contribution is 2.28. The maximum absolute atomic E-state index is 11.9. The van der Waals surface area contributed by atoms with Crippen LogP contribution in [-0.2, 0) is 9.59 Å². The van der Waals surface area contributed by atoms with E-state index in [1.54, 1.807) is 0 Å². The Hall–Kier alpha value is -1.10. The molecule has 1 heterocycles. The first-order valence-electron chi connectivity index (χ1n) is 6.87. The minimum Gasteiger partial charge on any atom is -0.480 e. The van der Waals surface area contributed by atoms with Crippen LogP contribution in [0.2, 0.25) is 0 Å². The fourth-order valence-electron chi connectivity index (χ4n) is 2.80. The van der Waals surface area contributed by atoms with Gasteiger partial charge in [-0.25, -0.2) is 4.79 Å². The number of carboxylic acid groups (broad SMARTS) is 1. The summed E-state index contributed by atoms with van der Waals surface area (Å²) in [6.45, 7) is 1.74. The smallest absolute Gasteiger partial charge is 0.329 e. The summed E-state index contributed by atoms with van der Waals surface area (Å²) in [7, 11) is 0. The molecular weight excluding hydrogens is 232 g/mol. The van der Waals surface area contributed by atoms with E-state index in [1.165, 1.54) is 0 Å². The SMILES string of the molecule is O=C(CC1CNC1)NC1(C(=O)O)CCCCCC1. The summed E-state index contributed by atoms with van der Waals surface area (Å²) >= 11 is 0. The van der Waals surface area contributed by atoms with Crippen molar-refractivity contribution in [1.29, 1.82) is 0 Å². The third-order valence-corrected chi connectivity index (χ3v) is 4.09. The number of hydrogen-bond donors (Lipinski definition) is 3. The van der Waals surface area contributed by atoms with Gasteiger partial charge >= 0.3 is 5.97 Å². The van der Waals surface area contributed by atoms with Crippen molar-refractivity contribution in [2.24, 2.45) is 5.92 Å². The molecule has 0 unspecified atom stereocenters. The summed E-state index contributed by atoms with van der Waals surface area (Å²) < 4.78 is 0. The molecule has 1 amide bonds. The summed E-state index contributed by atoms with van der Waals surface area (Å²) in [5.74, 6) is -0.600. The van der Waals surface area contributed by atoms with E-state index in [0.717, 1.165) is 38.8 Å². The molecule has 102 valence electrons. The highest BCUT2D eigenvalue weighted by Gasteiger charge is 2.40. The lowest BCUT2D eigenvalue weighted by Crippen LogP contribution is -2.55. The van der Waals surface area contributed by atoms with Crippen molar-refractivity contribution in [3.63, 3.8) is 0 Å². The van der Waals surface area contributed by atoms with Crippen molar-refractivity contribution in [3.8, 4) is 0 Å². The number of rotatable bonds is 4. The van der Waals surface area contributed by atoms with Crippen molar-refractivity contribution < 1.29 is 14.7 Å². The molecule has 5 heteroatoms. The van der Waals surface area contributed by atoms with Crippen molar-refractivity contribution in [1.82, 2.24) is 10.6 Å². The number of carbonyl (C=O) groups excluding carboxylic acids is 1. The average molecular weight is 254 g/mol. The highest BCUT2D eigenvalue weighted by molar-refractivity contribution is 5.87. The quantitative estimate of drug-likeness (QED) is 0.651. The standard InChI is InChI=1S/C13H22N2O3/c16-11(7-10-8-14-9-10)15-13(12(17)18)5-3-1-2-4-6-13/h10,14H,1-9H2,(H,15,16)(H,17,18). The fraction of sp³-hybridized carbons (Fsp3) is 0.846. The maximum atomic E-state index is 11.9. The lowest BCUT2D eigenvalue weighted by molar-refractivity contribution is -0.148. The highest BCUT2D eigenvalue weighted by atomic mass is 16.4. The monoisotopic (exact) mass is 254 g/mol. The second kappa shape index (κ2) is 5.69. The first-order chi connectivity index (χ1) is 8.62. The van der Waals surface area contributed by atoms with Crippen LogP contribution in [0.4, 0.5) is 0 Å². The third kappa shape index (κ3) is 3.02. The lowest BCUT2D eigenvalue weighted by Gasteiger charge is -2.32. The Morgan fingerprint density at radius 3 is 2.22 bits per heavy atom. The zero-order valence-corrected chi connectivity index (χ0v) is 10.7. The van der Waals surface area contributed by atoms with Gasteiger partial charge in [0.05, 0.1) is 0 Å². The Morgan fingerprint density at radius 1 is 1.17 bits per heavy atom. The van der Waals surface area contributed by atoms with Crippen molar-refractivity contribution in [2.45, 2.75) is 50.5 Å². The van der Waals surface area contributed by atoms with Gasteiger partial charge in [0, 0.05) is 6.42 Å². The first kappa shape index (κ1) is 13.3. The van der Waals surface area contributed by atoms with E-state index in [0.29, 0.717) is 25.2 Å². The zero-order chi connectivity index (χ0) is 13.0. The molecule has 18 heavy (non-hydrogen) atoms. The van der Waals surface area contributed by atoms with Gasteiger partial charge in [-0.15, -0.1) is 0 Å². The van der Waals surface area contributed by atoms with Crippen molar-refractivity contribution in [2.75, 3.05) is 13.1 Å². The number of carbonyl (C=O) groups is 2. The van der Waals surface area contributed by atoms with Crippen LogP contribution in [0.25, 0.3) is 0 Å². The summed E-state index contributed by atoms with van der Waals surface area (Å²) in [4.78, 5) is 23.4. The second-order valence-electron chi connectivity index (χ2n) is 5.58. The number of hydrogen-bond acceptors (Lipinski definition) is 3. The molecule has 1 aliphatic heterocycles. The van der Waals surface area contributed by atoms with Crippen LogP contribution >= 0.6 is 0 Å². The molecule has 2 fully saturated rings. The maximum Gasteiger partial charge on any atom is 0.329 e. The summed E-state index contributed by atoms with van der Waals surface area (Å²) in [5.41, 5.74) is -1.01. The number of nitrogens with one attached hydrogen (secondary N) is 2. The molecule has 0 aromatic rings. The van der Waals surface area contributed by atoms with Crippen LogP contribution in [-0.4, -0.2) is 35.6 Å². The fourth-order valence-corrected chi connectivity index (χ4v) is 2.80. The molecule has 3 N–H and O–H groups in total. The van der Waals surface area contributed by atoms with Crippen LogP contribution in [0.15, 0.2) is 0 Å². The van der Waals surface area contributed by atoms with E-state index in [9.17, 15) is 14.7 Å². The minimum atomic E-state index is -1.01. The van der Waals surface area contributed by atoms with Crippen LogP contribution in [0, 0.1) is 5.92 Å². The van der Waals surface area contributed by atoms with E-state index in [-0.39, 0.29) is 5.91 Å². The Morgan fingerprint density at radius 2 is 1.78 bits per heavy atom. The topological polar surface area (TPSA) is 78.4 Å². The van der Waals surface area contributed by atoms with Gasteiger partial charge in [-0.05, 0) is 31.8 Å². The predicted octanol–water partition coefficient (Wildman–Crippen LogP) is 0.890. The molecule has 0 bridgehead atoms. The molecular formula is C13H22N2O3. The Kier molecular flexibility index (Phi) is 4.22. The average Bonchev–Trinajstić information content (AvgIpc) is 2.50. The molecule has 1 saturated heterocycles. The zero-order valence-electron chi connectivity index (χ0n) is 10.7. The van der Waals surface area contributed by atoms with Gasteiger partial charge in [0.2, 0.25) is 5.91 Å². The number of aliphatic carboxylic acids is 1. The van der Waals surface area contributed by atoms with E-state index < -0.39 is 11.5 Å². The van der Waals surface area contributed by atoms with Gasteiger partial charge < -0.3 is 15.7 Å². The largest absolute Gasteiger partial charge is 0.480 e. The first-order valence-corrected chi connectivity index (χ1v) is 6.87. The molecule has 0 radical (unpaired) electrons. The Bertz CT molecular complexity index is 318. The van der Waals surface area contributed by atoms with Crippen LogP contribution in [0.3, 0.4) is 0 Å². The van der Waals surface area contributed by atoms with Crippen molar-refractivity contribution in [3.05, 3.63) is 0 Å². The Labute approximate surface area is 107 Å². The summed E-state index contributed by atoms with van der Waals surface area (Å²) in [6.07, 6.45) is 5.49. The lowest BCUT2D eigenvalue weighted by atomic mass is 9.89. The number of carboxylic acids is 1. The van der Waals surface area contributed by atoms with Gasteiger partial charge in [0.15, 0.2) is 0 Å². The molecule has 0 spiro atoms. The van der Waals surface area contributed by atoms with E-state index in [1.807, 2.05) is 0 Å². The minimum absolute atomic E-state index is 0.106. The molecule has 5 nitrogen and oxygen atoms in total. The molecule has 0 aromatic carbocycles. The van der Waals surface area contributed by atoms with E-state index in [2.05, 4.69) is 10.6 Å². The van der Waals surface area contributed by atoms with Gasteiger partial charge in [-0.1, -0.05) is 25.7 Å². The second-order valence-corrected chi connectivity index (χ2v) is 5.58. The van der Waals surface area contributed by atoms with Gasteiger partial charge in [0.25, 0.3) is 0 Å². The Balaban J connectivity index is 1.95. The van der Waals surface area contributed by atoms with Gasteiger partial charge in [-0.2, -0.15) is 0 Å². The van der Waals surface area contributed by atoms with Crippen LogP contribution in [0.1, 0.15) is 44.9 Å². The van der Waals surface area contributed by atoms with E-state index >= 15 is 0 Å². The summed E-state index contributed by atoms with van der Waals surface area (Å²) in [6, 6.07) is 0. The predicted molar refractivity (Wildman–Crippen MR) is 67.2 cm³/mol. The van der Waals surface area contributed by atoms with Gasteiger partial charge in [0.1, 0.15) is 5.54 Å². The summed E-state index contributed by atoms with van der Waals surface area (Å²) in [5, 5.41) is 15.4. The molecule has 0 atom stereocenters. The normalized spacial score (nSPS) is 23.8. The molecule has 2 rings (SSSR count). The molecule has 1 aliphatic carbocycles. The third-order valence-electron chi connectivity index (χ3n) is 4.09. The van der Waals surface area contributed by atoms with E-state index in [4.69, 9.17) is 0 Å². The van der Waals surface area contributed by atoms with Crippen LogP contribution < -0.4 is 10.6 Å².